The predicted octanol–water partition coefficient (Wildman–Crippen LogP) is 1.75. The van der Waals surface area contributed by atoms with Crippen LogP contribution in [-0.2, 0) is 17.3 Å². The van der Waals surface area contributed by atoms with Crippen molar-refractivity contribution in [3.8, 4) is 0 Å². The molecule has 0 radical (unpaired) electrons. The summed E-state index contributed by atoms with van der Waals surface area (Å²) in [6.07, 6.45) is 5.01. The SMILES string of the molecule is CS(=O)c1ccc(C(=O)NCc2cccnc2)cc1. The smallest absolute Gasteiger partial charge is 0.251 e. The van der Waals surface area contributed by atoms with E-state index in [2.05, 4.69) is 10.3 Å². The summed E-state index contributed by atoms with van der Waals surface area (Å²) >= 11 is 0. The lowest BCUT2D eigenvalue weighted by molar-refractivity contribution is 0.0951. The van der Waals surface area contributed by atoms with Crippen LogP contribution in [0, 0.1) is 0 Å². The molecule has 0 spiro atoms. The highest BCUT2D eigenvalue weighted by molar-refractivity contribution is 7.84. The third kappa shape index (κ3) is 3.72. The lowest BCUT2D eigenvalue weighted by Crippen LogP contribution is -2.22. The number of hydrogen-bond donors (Lipinski definition) is 1. The van der Waals surface area contributed by atoms with Gasteiger partial charge < -0.3 is 5.32 Å². The van der Waals surface area contributed by atoms with Gasteiger partial charge in [0, 0.05) is 46.5 Å². The summed E-state index contributed by atoms with van der Waals surface area (Å²) in [6.45, 7) is 0.439. The van der Waals surface area contributed by atoms with Crippen LogP contribution < -0.4 is 5.32 Å². The number of hydrogen-bond acceptors (Lipinski definition) is 3. The molecule has 98 valence electrons. The summed E-state index contributed by atoms with van der Waals surface area (Å²) < 4.78 is 11.2. The van der Waals surface area contributed by atoms with E-state index in [0.717, 1.165) is 5.56 Å². The van der Waals surface area contributed by atoms with Crippen LogP contribution >= 0.6 is 0 Å². The molecule has 1 unspecified atom stereocenters. The first kappa shape index (κ1) is 13.4. The van der Waals surface area contributed by atoms with Gasteiger partial charge in [-0.15, -0.1) is 0 Å². The van der Waals surface area contributed by atoms with Crippen LogP contribution in [0.3, 0.4) is 0 Å². The molecule has 0 aliphatic rings. The molecule has 1 atom stereocenters. The maximum absolute atomic E-state index is 11.9. The molecule has 5 heteroatoms. The Bertz CT molecular complexity index is 582. The van der Waals surface area contributed by atoms with Crippen molar-refractivity contribution in [2.45, 2.75) is 11.4 Å². The largest absolute Gasteiger partial charge is 0.348 e. The van der Waals surface area contributed by atoms with Crippen LogP contribution in [-0.4, -0.2) is 21.4 Å². The van der Waals surface area contributed by atoms with Crippen LogP contribution in [0.1, 0.15) is 15.9 Å². The zero-order valence-electron chi connectivity index (χ0n) is 10.5. The Morgan fingerprint density at radius 3 is 2.58 bits per heavy atom. The molecular formula is C14H14N2O2S. The molecule has 4 nitrogen and oxygen atoms in total. The van der Waals surface area contributed by atoms with E-state index in [1.54, 1.807) is 42.9 Å². The van der Waals surface area contributed by atoms with E-state index in [1.807, 2.05) is 12.1 Å². The molecule has 1 heterocycles. The Morgan fingerprint density at radius 1 is 1.26 bits per heavy atom. The van der Waals surface area contributed by atoms with Crippen molar-refractivity contribution in [2.24, 2.45) is 0 Å². The van der Waals surface area contributed by atoms with Crippen molar-refractivity contribution in [3.63, 3.8) is 0 Å². The van der Waals surface area contributed by atoms with E-state index >= 15 is 0 Å². The summed E-state index contributed by atoms with van der Waals surface area (Å²) in [5.74, 6) is -0.155. The number of benzene rings is 1. The van der Waals surface area contributed by atoms with Crippen molar-refractivity contribution < 1.29 is 9.00 Å². The fourth-order valence-electron chi connectivity index (χ4n) is 1.59. The van der Waals surface area contributed by atoms with Crippen LogP contribution in [0.4, 0.5) is 0 Å². The molecule has 1 amide bonds. The Kier molecular flexibility index (Phi) is 4.41. The second-order valence-electron chi connectivity index (χ2n) is 4.02. The molecular weight excluding hydrogens is 260 g/mol. The normalized spacial score (nSPS) is 11.8. The Labute approximate surface area is 114 Å². The highest BCUT2D eigenvalue weighted by Crippen LogP contribution is 2.07. The third-order valence-electron chi connectivity index (χ3n) is 2.62. The lowest BCUT2D eigenvalue weighted by atomic mass is 10.2. The Morgan fingerprint density at radius 2 is 2.00 bits per heavy atom. The van der Waals surface area contributed by atoms with Gasteiger partial charge in [0.1, 0.15) is 0 Å². The van der Waals surface area contributed by atoms with E-state index in [1.165, 1.54) is 0 Å². The van der Waals surface area contributed by atoms with Crippen molar-refractivity contribution in [2.75, 3.05) is 6.26 Å². The topological polar surface area (TPSA) is 59.1 Å². The summed E-state index contributed by atoms with van der Waals surface area (Å²) in [5.41, 5.74) is 1.50. The number of amides is 1. The number of nitrogens with one attached hydrogen (secondary N) is 1. The Hall–Kier alpha value is -2.01. The van der Waals surface area contributed by atoms with Crippen molar-refractivity contribution in [1.29, 1.82) is 0 Å². The molecule has 0 saturated carbocycles. The first-order chi connectivity index (χ1) is 9.16. The average molecular weight is 274 g/mol. The van der Waals surface area contributed by atoms with Crippen LogP contribution in [0.15, 0.2) is 53.7 Å². The number of aromatic nitrogens is 1. The summed E-state index contributed by atoms with van der Waals surface area (Å²) in [7, 11) is -1.02. The molecule has 0 fully saturated rings. The van der Waals surface area contributed by atoms with Gasteiger partial charge in [0.05, 0.1) is 0 Å². The summed E-state index contributed by atoms with van der Waals surface area (Å²) in [5, 5.41) is 2.81. The maximum Gasteiger partial charge on any atom is 0.251 e. The first-order valence-electron chi connectivity index (χ1n) is 5.77. The maximum atomic E-state index is 11.9. The van der Waals surface area contributed by atoms with E-state index in [9.17, 15) is 9.00 Å². The van der Waals surface area contributed by atoms with E-state index in [0.29, 0.717) is 17.0 Å². The van der Waals surface area contributed by atoms with E-state index in [-0.39, 0.29) is 5.91 Å². The Balaban J connectivity index is 1.98. The van der Waals surface area contributed by atoms with Crippen LogP contribution in [0.5, 0.6) is 0 Å². The molecule has 0 aliphatic carbocycles. The van der Waals surface area contributed by atoms with Gasteiger partial charge in [-0.3, -0.25) is 14.0 Å². The fourth-order valence-corrected chi connectivity index (χ4v) is 2.10. The van der Waals surface area contributed by atoms with Gasteiger partial charge in [-0.1, -0.05) is 6.07 Å². The summed E-state index contributed by atoms with van der Waals surface area (Å²) in [4.78, 5) is 16.6. The second-order valence-corrected chi connectivity index (χ2v) is 5.40. The molecule has 2 aromatic rings. The number of pyridine rings is 1. The fraction of sp³-hybridized carbons (Fsp3) is 0.143. The molecule has 0 aliphatic heterocycles. The number of carbonyl (C=O) groups excluding carboxylic acids is 1. The monoisotopic (exact) mass is 274 g/mol. The van der Waals surface area contributed by atoms with Crippen LogP contribution in [0.25, 0.3) is 0 Å². The minimum Gasteiger partial charge on any atom is -0.348 e. The number of rotatable bonds is 4. The summed E-state index contributed by atoms with van der Waals surface area (Å²) in [6, 6.07) is 10.5. The van der Waals surface area contributed by atoms with E-state index in [4.69, 9.17) is 0 Å². The van der Waals surface area contributed by atoms with Crippen LogP contribution in [0.2, 0.25) is 0 Å². The van der Waals surface area contributed by atoms with Gasteiger partial charge in [0.25, 0.3) is 5.91 Å². The number of carbonyl (C=O) groups is 1. The molecule has 0 saturated heterocycles. The zero-order valence-corrected chi connectivity index (χ0v) is 11.3. The zero-order chi connectivity index (χ0) is 13.7. The molecule has 1 N–H and O–H groups in total. The quantitative estimate of drug-likeness (QED) is 0.924. The van der Waals surface area contributed by atoms with Crippen molar-refractivity contribution in [1.82, 2.24) is 10.3 Å². The van der Waals surface area contributed by atoms with Gasteiger partial charge >= 0.3 is 0 Å². The highest BCUT2D eigenvalue weighted by Gasteiger charge is 2.06. The molecule has 19 heavy (non-hydrogen) atoms. The third-order valence-corrected chi connectivity index (χ3v) is 3.56. The van der Waals surface area contributed by atoms with Crippen molar-refractivity contribution >= 4 is 16.7 Å². The first-order valence-corrected chi connectivity index (χ1v) is 7.33. The van der Waals surface area contributed by atoms with Gasteiger partial charge in [-0.05, 0) is 35.9 Å². The van der Waals surface area contributed by atoms with Gasteiger partial charge in [0.2, 0.25) is 0 Å². The second kappa shape index (κ2) is 6.24. The molecule has 1 aromatic carbocycles. The predicted molar refractivity (Wildman–Crippen MR) is 74.2 cm³/mol. The molecule has 0 bridgehead atoms. The van der Waals surface area contributed by atoms with E-state index < -0.39 is 10.8 Å². The van der Waals surface area contributed by atoms with Gasteiger partial charge in [0.15, 0.2) is 0 Å². The minimum atomic E-state index is -1.02. The van der Waals surface area contributed by atoms with Gasteiger partial charge in [-0.25, -0.2) is 0 Å². The highest BCUT2D eigenvalue weighted by atomic mass is 32.2. The molecule has 2 rings (SSSR count). The van der Waals surface area contributed by atoms with Crippen molar-refractivity contribution in [3.05, 3.63) is 59.9 Å². The van der Waals surface area contributed by atoms with Gasteiger partial charge in [-0.2, -0.15) is 0 Å². The lowest BCUT2D eigenvalue weighted by Gasteiger charge is -2.05. The average Bonchev–Trinajstić information content (AvgIpc) is 2.46. The minimum absolute atomic E-state index is 0.155. The standard InChI is InChI=1S/C14H14N2O2S/c1-19(18)13-6-4-12(5-7-13)14(17)16-10-11-3-2-8-15-9-11/h2-9H,10H2,1H3,(H,16,17). The molecule has 1 aromatic heterocycles. The number of nitrogens with zero attached hydrogens (tertiary/aromatic N) is 1.